The van der Waals surface area contributed by atoms with E-state index in [4.69, 9.17) is 11.6 Å². The Labute approximate surface area is 134 Å². The van der Waals surface area contributed by atoms with Gasteiger partial charge in [0.2, 0.25) is 0 Å². The quantitative estimate of drug-likeness (QED) is 0.654. The molecule has 0 spiro atoms. The smallest absolute Gasteiger partial charge is 0.163 e. The fraction of sp³-hybridized carbons (Fsp3) is 0.214. The molecule has 5 nitrogen and oxygen atoms in total. The predicted molar refractivity (Wildman–Crippen MR) is 84.5 cm³/mol. The molecule has 0 atom stereocenters. The van der Waals surface area contributed by atoms with Gasteiger partial charge in [-0.1, -0.05) is 15.9 Å². The number of rotatable bonds is 2. The lowest BCUT2D eigenvalue weighted by Gasteiger charge is -2.10. The molecule has 7 heteroatoms. The van der Waals surface area contributed by atoms with Crippen molar-refractivity contribution in [1.82, 2.24) is 19.3 Å². The Hall–Kier alpha value is -1.84. The molecular formula is C14H11BrClN5. The number of aromatic nitrogens is 4. The first-order chi connectivity index (χ1) is 10.1. The zero-order valence-electron chi connectivity index (χ0n) is 11.4. The van der Waals surface area contributed by atoms with Crippen molar-refractivity contribution in [2.75, 3.05) is 0 Å². The molecule has 2 heterocycles. The predicted octanol–water partition coefficient (Wildman–Crippen LogP) is 3.44. The van der Waals surface area contributed by atoms with Gasteiger partial charge in [0.1, 0.15) is 17.4 Å². The molecule has 0 radical (unpaired) electrons. The Kier molecular flexibility index (Phi) is 3.47. The van der Waals surface area contributed by atoms with E-state index in [-0.39, 0.29) is 5.88 Å². The molecule has 0 aliphatic heterocycles. The van der Waals surface area contributed by atoms with E-state index in [1.165, 1.54) is 0 Å². The molecule has 3 aromatic rings. The van der Waals surface area contributed by atoms with Crippen molar-refractivity contribution in [3.05, 3.63) is 39.8 Å². The monoisotopic (exact) mass is 363 g/mol. The van der Waals surface area contributed by atoms with Gasteiger partial charge in [-0.3, -0.25) is 4.57 Å². The summed E-state index contributed by atoms with van der Waals surface area (Å²) >= 11 is 9.42. The number of hydrogen-bond acceptors (Lipinski definition) is 3. The van der Waals surface area contributed by atoms with E-state index in [9.17, 15) is 5.26 Å². The highest BCUT2D eigenvalue weighted by Gasteiger charge is 2.19. The van der Waals surface area contributed by atoms with Crippen molar-refractivity contribution in [2.45, 2.75) is 12.8 Å². The zero-order chi connectivity index (χ0) is 15.1. The van der Waals surface area contributed by atoms with Gasteiger partial charge in [-0.05, 0) is 25.1 Å². The Bertz CT molecular complexity index is 887. The van der Waals surface area contributed by atoms with Crippen LogP contribution in [0.5, 0.6) is 0 Å². The number of imidazole rings is 1. The van der Waals surface area contributed by atoms with E-state index in [0.29, 0.717) is 11.4 Å². The molecule has 0 fully saturated rings. The summed E-state index contributed by atoms with van der Waals surface area (Å²) in [5.41, 5.74) is 3.78. The number of alkyl halides is 1. The van der Waals surface area contributed by atoms with Crippen molar-refractivity contribution < 1.29 is 0 Å². The summed E-state index contributed by atoms with van der Waals surface area (Å²) in [6.07, 6.45) is 0. The SMILES string of the molecule is Cc1nn(C)c2c1nc(CCl)n2-c1ccc(Br)cc1C#N. The van der Waals surface area contributed by atoms with Crippen molar-refractivity contribution in [3.8, 4) is 11.8 Å². The summed E-state index contributed by atoms with van der Waals surface area (Å²) in [4.78, 5) is 4.55. The third-order valence-electron chi connectivity index (χ3n) is 3.31. The average molecular weight is 365 g/mol. The highest BCUT2D eigenvalue weighted by atomic mass is 79.9. The standard InChI is InChI=1S/C14H11BrClN5/c1-8-13-14(20(2)19-8)21(12(6-16)18-13)11-4-3-10(15)5-9(11)7-17/h3-5H,6H2,1-2H3. The van der Waals surface area contributed by atoms with Gasteiger partial charge in [0.15, 0.2) is 5.65 Å². The normalized spacial score (nSPS) is 11.0. The summed E-state index contributed by atoms with van der Waals surface area (Å²) in [6.45, 7) is 1.91. The molecule has 3 rings (SSSR count). The minimum absolute atomic E-state index is 0.259. The summed E-state index contributed by atoms with van der Waals surface area (Å²) < 4.78 is 4.51. The topological polar surface area (TPSA) is 59.4 Å². The van der Waals surface area contributed by atoms with Crippen LogP contribution < -0.4 is 0 Å². The Morgan fingerprint density at radius 2 is 2.19 bits per heavy atom. The van der Waals surface area contributed by atoms with E-state index in [1.807, 2.05) is 30.7 Å². The molecule has 0 saturated carbocycles. The van der Waals surface area contributed by atoms with Crippen LogP contribution in [-0.4, -0.2) is 19.3 Å². The molecule has 1 aromatic carbocycles. The van der Waals surface area contributed by atoms with Crippen LogP contribution in [0, 0.1) is 18.3 Å². The molecule has 0 saturated heterocycles. The van der Waals surface area contributed by atoms with Gasteiger partial charge in [0.05, 0.1) is 22.8 Å². The molecule has 0 unspecified atom stereocenters. The minimum Gasteiger partial charge on any atom is -0.279 e. The van der Waals surface area contributed by atoms with Gasteiger partial charge in [-0.2, -0.15) is 10.4 Å². The van der Waals surface area contributed by atoms with Gasteiger partial charge in [0.25, 0.3) is 0 Å². The number of benzene rings is 1. The summed E-state index contributed by atoms with van der Waals surface area (Å²) in [6, 6.07) is 7.76. The number of nitrogens with zero attached hydrogens (tertiary/aromatic N) is 5. The van der Waals surface area contributed by atoms with Gasteiger partial charge in [0, 0.05) is 11.5 Å². The second-order valence-corrected chi connectivity index (χ2v) is 5.83. The first-order valence-electron chi connectivity index (χ1n) is 6.23. The third-order valence-corrected chi connectivity index (χ3v) is 4.04. The summed E-state index contributed by atoms with van der Waals surface area (Å²) in [7, 11) is 1.86. The third kappa shape index (κ3) is 2.13. The first-order valence-corrected chi connectivity index (χ1v) is 7.56. The van der Waals surface area contributed by atoms with Crippen LogP contribution in [0.4, 0.5) is 0 Å². The second kappa shape index (κ2) is 5.17. The Morgan fingerprint density at radius 3 is 2.86 bits per heavy atom. The van der Waals surface area contributed by atoms with Gasteiger partial charge in [-0.25, -0.2) is 9.67 Å². The molecule has 0 amide bonds. The lowest BCUT2D eigenvalue weighted by molar-refractivity contribution is 0.755. The van der Waals surface area contributed by atoms with E-state index in [1.54, 1.807) is 10.7 Å². The fourth-order valence-corrected chi connectivity index (χ4v) is 2.99. The van der Waals surface area contributed by atoms with Gasteiger partial charge >= 0.3 is 0 Å². The number of aryl methyl sites for hydroxylation is 2. The van der Waals surface area contributed by atoms with E-state index in [2.05, 4.69) is 32.1 Å². The zero-order valence-corrected chi connectivity index (χ0v) is 13.8. The van der Waals surface area contributed by atoms with Crippen molar-refractivity contribution in [2.24, 2.45) is 7.05 Å². The van der Waals surface area contributed by atoms with Crippen LogP contribution in [0.3, 0.4) is 0 Å². The highest BCUT2D eigenvalue weighted by Crippen LogP contribution is 2.27. The maximum atomic E-state index is 9.39. The molecule has 106 valence electrons. The number of halogens is 2. The molecule has 0 bridgehead atoms. The lowest BCUT2D eigenvalue weighted by atomic mass is 10.2. The molecule has 21 heavy (non-hydrogen) atoms. The number of nitriles is 1. The number of fused-ring (bicyclic) bond motifs is 1. The summed E-state index contributed by atoms with van der Waals surface area (Å²) in [5.74, 6) is 0.955. The molecular weight excluding hydrogens is 354 g/mol. The van der Waals surface area contributed by atoms with Gasteiger partial charge < -0.3 is 0 Å². The van der Waals surface area contributed by atoms with Crippen LogP contribution >= 0.6 is 27.5 Å². The molecule has 0 aliphatic rings. The highest BCUT2D eigenvalue weighted by molar-refractivity contribution is 9.10. The van der Waals surface area contributed by atoms with Crippen LogP contribution in [-0.2, 0) is 12.9 Å². The van der Waals surface area contributed by atoms with E-state index < -0.39 is 0 Å². The second-order valence-electron chi connectivity index (χ2n) is 4.65. The first kappa shape index (κ1) is 14.1. The number of hydrogen-bond donors (Lipinski definition) is 0. The lowest BCUT2D eigenvalue weighted by Crippen LogP contribution is -2.06. The van der Waals surface area contributed by atoms with E-state index in [0.717, 1.165) is 27.0 Å². The molecule has 2 aromatic heterocycles. The van der Waals surface area contributed by atoms with Crippen LogP contribution in [0.1, 0.15) is 17.1 Å². The van der Waals surface area contributed by atoms with Crippen molar-refractivity contribution >= 4 is 38.7 Å². The summed E-state index contributed by atoms with van der Waals surface area (Å²) in [5, 5.41) is 13.8. The maximum Gasteiger partial charge on any atom is 0.163 e. The molecule has 0 N–H and O–H groups in total. The van der Waals surface area contributed by atoms with Crippen molar-refractivity contribution in [1.29, 1.82) is 5.26 Å². The van der Waals surface area contributed by atoms with E-state index >= 15 is 0 Å². The van der Waals surface area contributed by atoms with Crippen LogP contribution in [0.25, 0.3) is 16.9 Å². The Morgan fingerprint density at radius 1 is 1.43 bits per heavy atom. The fourth-order valence-electron chi connectivity index (χ4n) is 2.45. The minimum atomic E-state index is 0.259. The Balaban J connectivity index is 2.42. The molecule has 0 aliphatic carbocycles. The average Bonchev–Trinajstić information content (AvgIpc) is 2.97. The maximum absolute atomic E-state index is 9.39. The van der Waals surface area contributed by atoms with Crippen LogP contribution in [0.2, 0.25) is 0 Å². The van der Waals surface area contributed by atoms with Crippen LogP contribution in [0.15, 0.2) is 22.7 Å². The van der Waals surface area contributed by atoms with Gasteiger partial charge in [-0.15, -0.1) is 11.6 Å². The van der Waals surface area contributed by atoms with Crippen molar-refractivity contribution in [3.63, 3.8) is 0 Å². The largest absolute Gasteiger partial charge is 0.279 e.